The van der Waals surface area contributed by atoms with E-state index in [9.17, 15) is 14.4 Å². The molecule has 3 amide bonds. The van der Waals surface area contributed by atoms with Crippen molar-refractivity contribution in [2.45, 2.75) is 20.0 Å². The third-order valence-electron chi connectivity index (χ3n) is 4.31. The van der Waals surface area contributed by atoms with E-state index in [1.807, 2.05) is 49.4 Å². The van der Waals surface area contributed by atoms with Crippen LogP contribution in [0, 0.1) is 6.92 Å². The highest BCUT2D eigenvalue weighted by molar-refractivity contribution is 8.18. The molecule has 0 radical (unpaired) electrons. The van der Waals surface area contributed by atoms with E-state index >= 15 is 0 Å². The molecule has 0 spiro atoms. The molecule has 1 N–H and O–H groups in total. The van der Waals surface area contributed by atoms with Crippen molar-refractivity contribution in [3.63, 3.8) is 0 Å². The lowest BCUT2D eigenvalue weighted by Gasteiger charge is -2.16. The first-order valence-electron chi connectivity index (χ1n) is 9.25. The molecule has 1 heterocycles. The summed E-state index contributed by atoms with van der Waals surface area (Å²) in [4.78, 5) is 38.4. The van der Waals surface area contributed by atoms with Crippen molar-refractivity contribution < 1.29 is 19.1 Å². The second-order valence-corrected chi connectivity index (χ2v) is 7.60. The molecule has 6 nitrogen and oxygen atoms in total. The van der Waals surface area contributed by atoms with Gasteiger partial charge in [-0.2, -0.15) is 0 Å². The van der Waals surface area contributed by atoms with Crippen LogP contribution in [0.3, 0.4) is 0 Å². The molecule has 3 rings (SSSR count). The predicted octanol–water partition coefficient (Wildman–Crippen LogP) is 3.62. The van der Waals surface area contributed by atoms with Crippen molar-refractivity contribution in [3.05, 3.63) is 70.6 Å². The highest BCUT2D eigenvalue weighted by Crippen LogP contribution is 2.31. The molecule has 0 bridgehead atoms. The van der Waals surface area contributed by atoms with Crippen LogP contribution in [0.2, 0.25) is 0 Å². The van der Waals surface area contributed by atoms with Crippen LogP contribution in [0.4, 0.5) is 4.79 Å². The number of thioether (sulfide) groups is 1. The Hall–Kier alpha value is -3.06. The number of benzene rings is 2. The lowest BCUT2D eigenvalue weighted by molar-refractivity contribution is -0.128. The van der Waals surface area contributed by atoms with Crippen molar-refractivity contribution in [2.75, 3.05) is 13.1 Å². The fraction of sp³-hybridized carbons (Fsp3) is 0.227. The Morgan fingerprint density at radius 3 is 2.52 bits per heavy atom. The Labute approximate surface area is 173 Å². The van der Waals surface area contributed by atoms with Crippen LogP contribution >= 0.6 is 11.8 Å². The van der Waals surface area contributed by atoms with E-state index in [1.54, 1.807) is 25.1 Å². The van der Waals surface area contributed by atoms with Crippen LogP contribution in [0.5, 0.6) is 5.75 Å². The van der Waals surface area contributed by atoms with Crippen LogP contribution in [0.25, 0.3) is 6.08 Å². The lowest BCUT2D eigenvalue weighted by atomic mass is 10.2. The van der Waals surface area contributed by atoms with E-state index in [4.69, 9.17) is 4.74 Å². The fourth-order valence-electron chi connectivity index (χ4n) is 2.70. The van der Waals surface area contributed by atoms with Gasteiger partial charge in [0.2, 0.25) is 0 Å². The first-order chi connectivity index (χ1) is 13.9. The Balaban J connectivity index is 1.50. The standard InChI is InChI=1S/C22H22N2O4S/c1-15-8-10-18(11-9-15)28-16(2)20(25)23-12-13-24-21(26)19(29-22(24)27)14-17-6-4-3-5-7-17/h3-11,14,16H,12-13H2,1-2H3,(H,23,25)/b19-14-. The average Bonchev–Trinajstić information content (AvgIpc) is 2.97. The first kappa shape index (κ1) is 20.7. The summed E-state index contributed by atoms with van der Waals surface area (Å²) in [5, 5.41) is 2.37. The van der Waals surface area contributed by atoms with Gasteiger partial charge in [0.1, 0.15) is 5.75 Å². The zero-order valence-electron chi connectivity index (χ0n) is 16.3. The minimum Gasteiger partial charge on any atom is -0.481 e. The highest BCUT2D eigenvalue weighted by Gasteiger charge is 2.34. The minimum atomic E-state index is -0.689. The fourth-order valence-corrected chi connectivity index (χ4v) is 3.57. The normalized spacial score (nSPS) is 16.2. The summed E-state index contributed by atoms with van der Waals surface area (Å²) >= 11 is 0.906. The molecule has 0 aromatic heterocycles. The molecule has 1 saturated heterocycles. The predicted molar refractivity (Wildman–Crippen MR) is 113 cm³/mol. The molecule has 1 atom stereocenters. The van der Waals surface area contributed by atoms with Gasteiger partial charge in [0.05, 0.1) is 4.91 Å². The highest BCUT2D eigenvalue weighted by atomic mass is 32.2. The largest absolute Gasteiger partial charge is 0.481 e. The molecule has 1 unspecified atom stereocenters. The van der Waals surface area contributed by atoms with Crippen molar-refractivity contribution in [2.24, 2.45) is 0 Å². The van der Waals surface area contributed by atoms with E-state index in [0.717, 1.165) is 27.8 Å². The molecule has 1 aliphatic rings. The summed E-state index contributed by atoms with van der Waals surface area (Å²) in [5.41, 5.74) is 1.96. The van der Waals surface area contributed by atoms with Gasteiger partial charge in [-0.3, -0.25) is 19.3 Å². The summed E-state index contributed by atoms with van der Waals surface area (Å²) in [7, 11) is 0. The number of nitrogens with zero attached hydrogens (tertiary/aromatic N) is 1. The number of imide groups is 1. The quantitative estimate of drug-likeness (QED) is 0.706. The zero-order valence-corrected chi connectivity index (χ0v) is 17.1. The Morgan fingerprint density at radius 2 is 1.83 bits per heavy atom. The minimum absolute atomic E-state index is 0.111. The molecule has 2 aromatic rings. The Bertz CT molecular complexity index is 926. The van der Waals surface area contributed by atoms with Gasteiger partial charge in [-0.1, -0.05) is 48.0 Å². The second kappa shape index (κ2) is 9.43. The van der Waals surface area contributed by atoms with Crippen LogP contribution in [0.15, 0.2) is 59.5 Å². The van der Waals surface area contributed by atoms with E-state index in [0.29, 0.717) is 10.7 Å². The van der Waals surface area contributed by atoms with Gasteiger partial charge < -0.3 is 10.1 Å². The molecular weight excluding hydrogens is 388 g/mol. The molecule has 2 aromatic carbocycles. The summed E-state index contributed by atoms with van der Waals surface area (Å²) in [6, 6.07) is 16.8. The number of hydrogen-bond acceptors (Lipinski definition) is 5. The van der Waals surface area contributed by atoms with Gasteiger partial charge in [0.15, 0.2) is 6.10 Å². The summed E-state index contributed by atoms with van der Waals surface area (Å²) in [5.74, 6) is -0.0466. The molecule has 7 heteroatoms. The van der Waals surface area contributed by atoms with Gasteiger partial charge in [-0.15, -0.1) is 0 Å². The van der Waals surface area contributed by atoms with Gasteiger partial charge in [-0.05, 0) is 49.4 Å². The third-order valence-corrected chi connectivity index (χ3v) is 5.22. The van der Waals surface area contributed by atoms with E-state index in [2.05, 4.69) is 5.32 Å². The van der Waals surface area contributed by atoms with Gasteiger partial charge in [-0.25, -0.2) is 0 Å². The Morgan fingerprint density at radius 1 is 1.14 bits per heavy atom. The molecule has 1 fully saturated rings. The summed E-state index contributed by atoms with van der Waals surface area (Å²) in [6.45, 7) is 3.90. The molecule has 0 aliphatic carbocycles. The number of amides is 3. The molecule has 1 aliphatic heterocycles. The zero-order chi connectivity index (χ0) is 20.8. The SMILES string of the molecule is Cc1ccc(OC(C)C(=O)NCCN2C(=O)S/C(=C\c3ccccc3)C2=O)cc1. The van der Waals surface area contributed by atoms with Gasteiger partial charge in [0.25, 0.3) is 17.1 Å². The molecule has 0 saturated carbocycles. The number of aryl methyl sites for hydroxylation is 1. The molecular formula is C22H22N2O4S. The number of ether oxygens (including phenoxy) is 1. The first-order valence-corrected chi connectivity index (χ1v) is 10.1. The van der Waals surface area contributed by atoms with E-state index in [-0.39, 0.29) is 30.1 Å². The van der Waals surface area contributed by atoms with E-state index in [1.165, 1.54) is 0 Å². The summed E-state index contributed by atoms with van der Waals surface area (Å²) in [6.07, 6.45) is 1.01. The number of hydrogen-bond donors (Lipinski definition) is 1. The van der Waals surface area contributed by atoms with Crippen LogP contribution < -0.4 is 10.1 Å². The molecule has 150 valence electrons. The van der Waals surface area contributed by atoms with E-state index < -0.39 is 6.10 Å². The number of carbonyl (C=O) groups excluding carboxylic acids is 3. The van der Waals surface area contributed by atoms with Crippen LogP contribution in [-0.2, 0) is 9.59 Å². The monoisotopic (exact) mass is 410 g/mol. The lowest BCUT2D eigenvalue weighted by Crippen LogP contribution is -2.41. The maximum absolute atomic E-state index is 12.5. The maximum atomic E-state index is 12.5. The van der Waals surface area contributed by atoms with Crippen molar-refractivity contribution >= 4 is 34.9 Å². The van der Waals surface area contributed by atoms with Crippen LogP contribution in [0.1, 0.15) is 18.1 Å². The number of carbonyl (C=O) groups is 3. The topological polar surface area (TPSA) is 75.7 Å². The van der Waals surface area contributed by atoms with Crippen molar-refractivity contribution in [1.29, 1.82) is 0 Å². The number of nitrogens with one attached hydrogen (secondary N) is 1. The smallest absolute Gasteiger partial charge is 0.293 e. The number of rotatable bonds is 7. The maximum Gasteiger partial charge on any atom is 0.293 e. The van der Waals surface area contributed by atoms with Gasteiger partial charge in [0, 0.05) is 13.1 Å². The Kier molecular flexibility index (Phi) is 6.72. The van der Waals surface area contributed by atoms with Crippen molar-refractivity contribution in [1.82, 2.24) is 10.2 Å². The molecule has 29 heavy (non-hydrogen) atoms. The average molecular weight is 410 g/mol. The van der Waals surface area contributed by atoms with Crippen LogP contribution in [-0.4, -0.2) is 41.1 Å². The summed E-state index contributed by atoms with van der Waals surface area (Å²) < 4.78 is 5.61. The third kappa shape index (κ3) is 5.48. The van der Waals surface area contributed by atoms with Gasteiger partial charge >= 0.3 is 0 Å². The second-order valence-electron chi connectivity index (χ2n) is 6.61. The van der Waals surface area contributed by atoms with Crippen molar-refractivity contribution in [3.8, 4) is 5.75 Å².